The van der Waals surface area contributed by atoms with Crippen LogP contribution in [0.15, 0.2) is 23.1 Å². The Morgan fingerprint density at radius 1 is 1.21 bits per heavy atom. The number of fused-ring (bicyclic) bond motifs is 1. The molecule has 0 aromatic carbocycles. The van der Waals surface area contributed by atoms with Crippen LogP contribution < -0.4 is 5.69 Å². The number of aromatic nitrogens is 4. The standard InChI is InChI=1S/C18H20F3N5O2/c19-18(20,21)14-10-12(6-7-22-14)11-25-17(28)26-13(4-3-5-15(26)23-25)16(27)24-8-1-2-9-24/h6-7,10,13H,1-5,8-9,11H2/t13-/m1/s1. The Hall–Kier alpha value is -2.65. The average molecular weight is 395 g/mol. The van der Waals surface area contributed by atoms with E-state index in [2.05, 4.69) is 10.1 Å². The molecule has 0 N–H and O–H groups in total. The number of hydrogen-bond acceptors (Lipinski definition) is 4. The van der Waals surface area contributed by atoms with Gasteiger partial charge in [-0.05, 0) is 43.4 Å². The molecule has 150 valence electrons. The maximum atomic E-state index is 12.9. The van der Waals surface area contributed by atoms with Crippen LogP contribution in [0.1, 0.15) is 48.8 Å². The zero-order valence-electron chi connectivity index (χ0n) is 15.2. The molecule has 1 fully saturated rings. The minimum atomic E-state index is -4.55. The highest BCUT2D eigenvalue weighted by atomic mass is 19.4. The Morgan fingerprint density at radius 2 is 1.96 bits per heavy atom. The first-order chi connectivity index (χ1) is 13.3. The van der Waals surface area contributed by atoms with Crippen molar-refractivity contribution in [1.82, 2.24) is 24.2 Å². The molecule has 2 aromatic heterocycles. The van der Waals surface area contributed by atoms with Crippen LogP contribution in [0.4, 0.5) is 13.2 Å². The number of aryl methyl sites for hydroxylation is 1. The van der Waals surface area contributed by atoms with Crippen molar-refractivity contribution in [3.63, 3.8) is 0 Å². The summed E-state index contributed by atoms with van der Waals surface area (Å²) in [5.74, 6) is 0.447. The molecule has 0 spiro atoms. The van der Waals surface area contributed by atoms with Crippen molar-refractivity contribution < 1.29 is 18.0 Å². The first kappa shape index (κ1) is 18.7. The van der Waals surface area contributed by atoms with Crippen molar-refractivity contribution in [2.75, 3.05) is 13.1 Å². The average Bonchev–Trinajstić information content (AvgIpc) is 3.30. The number of carbonyl (C=O) groups excluding carboxylic acids is 1. The van der Waals surface area contributed by atoms with Crippen molar-refractivity contribution in [3.8, 4) is 0 Å². The first-order valence-corrected chi connectivity index (χ1v) is 9.34. The molecule has 1 saturated heterocycles. The molecule has 0 aliphatic carbocycles. The minimum absolute atomic E-state index is 0.0663. The van der Waals surface area contributed by atoms with Crippen LogP contribution >= 0.6 is 0 Å². The van der Waals surface area contributed by atoms with E-state index in [1.54, 1.807) is 4.90 Å². The van der Waals surface area contributed by atoms with E-state index in [1.807, 2.05) is 0 Å². The van der Waals surface area contributed by atoms with Gasteiger partial charge < -0.3 is 4.90 Å². The van der Waals surface area contributed by atoms with Gasteiger partial charge in [-0.1, -0.05) is 0 Å². The summed E-state index contributed by atoms with van der Waals surface area (Å²) in [6.07, 6.45) is 0.318. The maximum absolute atomic E-state index is 12.9. The van der Waals surface area contributed by atoms with E-state index in [1.165, 1.54) is 10.6 Å². The monoisotopic (exact) mass is 395 g/mol. The van der Waals surface area contributed by atoms with E-state index in [0.717, 1.165) is 36.2 Å². The SMILES string of the molecule is O=C([C@H]1CCCc2nn(Cc3ccnc(C(F)(F)F)c3)c(=O)n21)N1CCCC1. The fraction of sp³-hybridized carbons (Fsp3) is 0.556. The summed E-state index contributed by atoms with van der Waals surface area (Å²) in [5.41, 5.74) is -1.19. The Balaban J connectivity index is 1.63. The molecule has 0 radical (unpaired) electrons. The van der Waals surface area contributed by atoms with Crippen molar-refractivity contribution >= 4 is 5.91 Å². The quantitative estimate of drug-likeness (QED) is 0.797. The summed E-state index contributed by atoms with van der Waals surface area (Å²) >= 11 is 0. The maximum Gasteiger partial charge on any atom is 0.433 e. The smallest absolute Gasteiger partial charge is 0.341 e. The van der Waals surface area contributed by atoms with Crippen LogP contribution in [-0.2, 0) is 23.9 Å². The number of likely N-dealkylation sites (tertiary alicyclic amines) is 1. The van der Waals surface area contributed by atoms with E-state index in [4.69, 9.17) is 0 Å². The fourth-order valence-electron chi connectivity index (χ4n) is 3.92. The topological polar surface area (TPSA) is 73.0 Å². The van der Waals surface area contributed by atoms with E-state index in [9.17, 15) is 22.8 Å². The number of alkyl halides is 3. The van der Waals surface area contributed by atoms with Gasteiger partial charge in [0.2, 0.25) is 5.91 Å². The molecule has 2 aliphatic heterocycles. The molecule has 0 bridgehead atoms. The first-order valence-electron chi connectivity index (χ1n) is 9.34. The van der Waals surface area contributed by atoms with Gasteiger partial charge in [0.15, 0.2) is 0 Å². The molecule has 1 atom stereocenters. The van der Waals surface area contributed by atoms with Crippen LogP contribution in [0, 0.1) is 0 Å². The summed E-state index contributed by atoms with van der Waals surface area (Å²) < 4.78 is 41.2. The molecule has 4 rings (SSSR count). The molecule has 4 heterocycles. The molecule has 1 amide bonds. The Morgan fingerprint density at radius 3 is 2.68 bits per heavy atom. The van der Waals surface area contributed by atoms with Crippen LogP contribution in [0.3, 0.4) is 0 Å². The molecule has 2 aliphatic rings. The summed E-state index contributed by atoms with van der Waals surface area (Å²) in [6.45, 7) is 1.30. The summed E-state index contributed by atoms with van der Waals surface area (Å²) in [4.78, 5) is 30.8. The summed E-state index contributed by atoms with van der Waals surface area (Å²) in [7, 11) is 0. The number of hydrogen-bond donors (Lipinski definition) is 0. The van der Waals surface area contributed by atoms with E-state index < -0.39 is 23.6 Å². The van der Waals surface area contributed by atoms with Crippen LogP contribution in [0.25, 0.3) is 0 Å². The van der Waals surface area contributed by atoms with Crippen molar-refractivity contribution in [2.45, 2.75) is 50.9 Å². The normalized spacial score (nSPS) is 19.7. The predicted octanol–water partition coefficient (Wildman–Crippen LogP) is 2.01. The van der Waals surface area contributed by atoms with Gasteiger partial charge in [0.25, 0.3) is 0 Å². The number of pyridine rings is 1. The van der Waals surface area contributed by atoms with Crippen molar-refractivity contribution in [2.24, 2.45) is 0 Å². The molecule has 0 saturated carbocycles. The third-order valence-corrected chi connectivity index (χ3v) is 5.28. The third-order valence-electron chi connectivity index (χ3n) is 5.28. The number of amides is 1. The summed E-state index contributed by atoms with van der Waals surface area (Å²) in [6, 6.07) is 1.76. The number of nitrogens with zero attached hydrogens (tertiary/aromatic N) is 5. The highest BCUT2D eigenvalue weighted by Gasteiger charge is 2.35. The van der Waals surface area contributed by atoms with Crippen molar-refractivity contribution in [3.05, 3.63) is 45.9 Å². The van der Waals surface area contributed by atoms with Crippen molar-refractivity contribution in [1.29, 1.82) is 0 Å². The van der Waals surface area contributed by atoms with Gasteiger partial charge >= 0.3 is 11.9 Å². The number of rotatable bonds is 3. The molecule has 2 aromatic rings. The molecule has 28 heavy (non-hydrogen) atoms. The lowest BCUT2D eigenvalue weighted by molar-refractivity contribution is -0.141. The van der Waals surface area contributed by atoms with Gasteiger partial charge in [0, 0.05) is 25.7 Å². The predicted molar refractivity (Wildman–Crippen MR) is 92.6 cm³/mol. The lowest BCUT2D eigenvalue weighted by Crippen LogP contribution is -2.41. The van der Waals surface area contributed by atoms with E-state index in [0.29, 0.717) is 31.8 Å². The number of halogens is 3. The Kier molecular flexibility index (Phi) is 4.72. The molecular weight excluding hydrogens is 375 g/mol. The molecular formula is C18H20F3N5O2. The van der Waals surface area contributed by atoms with Crippen LogP contribution in [-0.4, -0.2) is 43.2 Å². The van der Waals surface area contributed by atoms with Crippen LogP contribution in [0.2, 0.25) is 0 Å². The number of carbonyl (C=O) groups is 1. The minimum Gasteiger partial charge on any atom is -0.341 e. The summed E-state index contributed by atoms with van der Waals surface area (Å²) in [5, 5.41) is 4.29. The molecule has 10 heteroatoms. The van der Waals surface area contributed by atoms with E-state index >= 15 is 0 Å². The molecule has 0 unspecified atom stereocenters. The zero-order chi connectivity index (χ0) is 19.9. The zero-order valence-corrected chi connectivity index (χ0v) is 15.2. The van der Waals surface area contributed by atoms with Gasteiger partial charge in [0.1, 0.15) is 17.6 Å². The second-order valence-electron chi connectivity index (χ2n) is 7.21. The van der Waals surface area contributed by atoms with Gasteiger partial charge in [0.05, 0.1) is 6.54 Å². The second-order valence-corrected chi connectivity index (χ2v) is 7.21. The lowest BCUT2D eigenvalue weighted by Gasteiger charge is -2.27. The Bertz CT molecular complexity index is 943. The highest BCUT2D eigenvalue weighted by Crippen LogP contribution is 2.28. The van der Waals surface area contributed by atoms with Gasteiger partial charge in [-0.3, -0.25) is 14.3 Å². The van der Waals surface area contributed by atoms with Gasteiger partial charge in [-0.15, -0.1) is 0 Å². The largest absolute Gasteiger partial charge is 0.433 e. The molecule has 7 nitrogen and oxygen atoms in total. The second kappa shape index (κ2) is 7.06. The fourth-order valence-corrected chi connectivity index (χ4v) is 3.92. The van der Waals surface area contributed by atoms with E-state index in [-0.39, 0.29) is 18.0 Å². The Labute approximate surface area is 158 Å². The third kappa shape index (κ3) is 3.43. The lowest BCUT2D eigenvalue weighted by atomic mass is 10.0. The van der Waals surface area contributed by atoms with Gasteiger partial charge in [-0.25, -0.2) is 9.48 Å². The van der Waals surface area contributed by atoms with Gasteiger partial charge in [-0.2, -0.15) is 18.3 Å². The highest BCUT2D eigenvalue weighted by molar-refractivity contribution is 5.80. The van der Waals surface area contributed by atoms with Crippen LogP contribution in [0.5, 0.6) is 0 Å².